The number of amides is 2. The Labute approximate surface area is 193 Å². The van der Waals surface area contributed by atoms with Gasteiger partial charge in [-0.25, -0.2) is 9.78 Å². The van der Waals surface area contributed by atoms with Crippen molar-refractivity contribution in [1.82, 2.24) is 9.97 Å². The minimum absolute atomic E-state index is 0.292. The van der Waals surface area contributed by atoms with Crippen molar-refractivity contribution in [3.05, 3.63) is 95.7 Å². The van der Waals surface area contributed by atoms with E-state index in [1.165, 1.54) is 5.56 Å². The standard InChI is InChI=1S/C26H26N6O/c1-17-7-9-21(10-8-17)29-25-27-19(3)16-24(32-25)28-20-11-13-22(14-12-20)30-26(33)31-23-6-4-5-18(2)15-23/h4-16H,1-3H3,(H2,30,31,33)(H2,27,28,29,32). The maximum atomic E-state index is 12.3. The zero-order chi connectivity index (χ0) is 23.2. The molecule has 1 aromatic heterocycles. The van der Waals surface area contributed by atoms with Crippen LogP contribution in [0.2, 0.25) is 0 Å². The molecule has 2 amide bonds. The van der Waals surface area contributed by atoms with Crippen molar-refractivity contribution in [3.63, 3.8) is 0 Å². The van der Waals surface area contributed by atoms with Gasteiger partial charge in [0.2, 0.25) is 5.95 Å². The van der Waals surface area contributed by atoms with Crippen molar-refractivity contribution in [2.45, 2.75) is 20.8 Å². The maximum absolute atomic E-state index is 12.3. The van der Waals surface area contributed by atoms with Gasteiger partial charge in [-0.1, -0.05) is 29.8 Å². The Balaban J connectivity index is 1.38. The van der Waals surface area contributed by atoms with Gasteiger partial charge in [0.1, 0.15) is 5.82 Å². The molecule has 0 spiro atoms. The minimum Gasteiger partial charge on any atom is -0.340 e. The highest BCUT2D eigenvalue weighted by atomic mass is 16.2. The summed E-state index contributed by atoms with van der Waals surface area (Å²) >= 11 is 0. The predicted octanol–water partition coefficient (Wildman–Crippen LogP) is 6.53. The van der Waals surface area contributed by atoms with E-state index in [1.54, 1.807) is 0 Å². The van der Waals surface area contributed by atoms with Crippen molar-refractivity contribution in [3.8, 4) is 0 Å². The van der Waals surface area contributed by atoms with Crippen LogP contribution in [-0.4, -0.2) is 16.0 Å². The van der Waals surface area contributed by atoms with Gasteiger partial charge < -0.3 is 21.3 Å². The molecule has 0 fully saturated rings. The lowest BCUT2D eigenvalue weighted by Gasteiger charge is -2.11. The number of nitrogens with one attached hydrogen (secondary N) is 4. The first kappa shape index (κ1) is 21.8. The van der Waals surface area contributed by atoms with Gasteiger partial charge in [-0.15, -0.1) is 0 Å². The van der Waals surface area contributed by atoms with Gasteiger partial charge >= 0.3 is 6.03 Å². The molecule has 0 saturated carbocycles. The number of hydrogen-bond acceptors (Lipinski definition) is 5. The molecule has 0 bridgehead atoms. The van der Waals surface area contributed by atoms with Crippen LogP contribution in [0.1, 0.15) is 16.8 Å². The second-order valence-corrected chi connectivity index (χ2v) is 7.86. The van der Waals surface area contributed by atoms with E-state index in [9.17, 15) is 4.79 Å². The van der Waals surface area contributed by atoms with Gasteiger partial charge in [0.15, 0.2) is 0 Å². The fourth-order valence-electron chi connectivity index (χ4n) is 3.26. The predicted molar refractivity (Wildman–Crippen MR) is 135 cm³/mol. The smallest absolute Gasteiger partial charge is 0.323 e. The van der Waals surface area contributed by atoms with Crippen molar-refractivity contribution < 1.29 is 4.79 Å². The number of hydrogen-bond donors (Lipinski definition) is 4. The van der Waals surface area contributed by atoms with Gasteiger partial charge in [0.05, 0.1) is 0 Å². The van der Waals surface area contributed by atoms with Gasteiger partial charge in [-0.05, 0) is 74.9 Å². The number of aromatic nitrogens is 2. The Morgan fingerprint density at radius 3 is 2.00 bits per heavy atom. The number of aryl methyl sites for hydroxylation is 3. The van der Waals surface area contributed by atoms with Crippen LogP contribution in [0.5, 0.6) is 0 Å². The largest absolute Gasteiger partial charge is 0.340 e. The number of anilines is 6. The normalized spacial score (nSPS) is 10.4. The molecule has 1 heterocycles. The third-order valence-corrected chi connectivity index (χ3v) is 4.85. The zero-order valence-corrected chi connectivity index (χ0v) is 18.8. The van der Waals surface area contributed by atoms with E-state index in [4.69, 9.17) is 0 Å². The summed E-state index contributed by atoms with van der Waals surface area (Å²) < 4.78 is 0. The molecule has 7 nitrogen and oxygen atoms in total. The monoisotopic (exact) mass is 438 g/mol. The highest BCUT2D eigenvalue weighted by Gasteiger charge is 2.06. The summed E-state index contributed by atoms with van der Waals surface area (Å²) in [4.78, 5) is 21.3. The van der Waals surface area contributed by atoms with E-state index in [-0.39, 0.29) is 6.03 Å². The topological polar surface area (TPSA) is 91.0 Å². The van der Waals surface area contributed by atoms with Crippen molar-refractivity contribution >= 4 is 40.5 Å². The molecule has 0 aliphatic heterocycles. The molecule has 0 unspecified atom stereocenters. The molecule has 0 radical (unpaired) electrons. The van der Waals surface area contributed by atoms with Crippen LogP contribution in [0.25, 0.3) is 0 Å². The van der Waals surface area contributed by atoms with Crippen LogP contribution in [0.4, 0.5) is 39.3 Å². The van der Waals surface area contributed by atoms with Crippen molar-refractivity contribution in [2.24, 2.45) is 0 Å². The average Bonchev–Trinajstić information content (AvgIpc) is 2.76. The van der Waals surface area contributed by atoms with Gasteiger partial charge in [-0.2, -0.15) is 4.98 Å². The third kappa shape index (κ3) is 6.30. The number of carbonyl (C=O) groups excluding carboxylic acids is 1. The number of urea groups is 1. The summed E-state index contributed by atoms with van der Waals surface area (Å²) in [5.74, 6) is 1.20. The summed E-state index contributed by atoms with van der Waals surface area (Å²) in [6.07, 6.45) is 0. The van der Waals surface area contributed by atoms with E-state index >= 15 is 0 Å². The Bertz CT molecular complexity index is 1250. The summed E-state index contributed by atoms with van der Waals surface area (Å²) in [5.41, 5.74) is 6.33. The van der Waals surface area contributed by atoms with Crippen LogP contribution in [0.15, 0.2) is 78.9 Å². The third-order valence-electron chi connectivity index (χ3n) is 4.85. The lowest BCUT2D eigenvalue weighted by molar-refractivity contribution is 0.262. The highest BCUT2D eigenvalue weighted by Crippen LogP contribution is 2.21. The number of rotatable bonds is 6. The fourth-order valence-corrected chi connectivity index (χ4v) is 3.26. The molecule has 4 N–H and O–H groups in total. The summed E-state index contributed by atoms with van der Waals surface area (Å²) in [7, 11) is 0. The molecule has 0 saturated heterocycles. The highest BCUT2D eigenvalue weighted by molar-refractivity contribution is 5.99. The summed E-state index contributed by atoms with van der Waals surface area (Å²) in [6.45, 7) is 5.95. The van der Waals surface area contributed by atoms with Gasteiger partial charge in [-0.3, -0.25) is 0 Å². The SMILES string of the molecule is Cc1ccc(Nc2nc(C)cc(Nc3ccc(NC(=O)Nc4cccc(C)c4)cc3)n2)cc1. The summed E-state index contributed by atoms with van der Waals surface area (Å²) in [6, 6.07) is 24.7. The average molecular weight is 439 g/mol. The zero-order valence-electron chi connectivity index (χ0n) is 18.8. The van der Waals surface area contributed by atoms with Crippen LogP contribution < -0.4 is 21.3 Å². The minimum atomic E-state index is -0.292. The first-order chi connectivity index (χ1) is 15.9. The number of nitrogens with zero attached hydrogens (tertiary/aromatic N) is 2. The molecule has 0 aliphatic rings. The molecule has 3 aromatic carbocycles. The van der Waals surface area contributed by atoms with Crippen LogP contribution in [-0.2, 0) is 0 Å². The van der Waals surface area contributed by atoms with E-state index in [1.807, 2.05) is 99.6 Å². The fraction of sp³-hybridized carbons (Fsp3) is 0.115. The van der Waals surface area contributed by atoms with E-state index in [0.29, 0.717) is 17.5 Å². The van der Waals surface area contributed by atoms with Crippen molar-refractivity contribution in [2.75, 3.05) is 21.3 Å². The maximum Gasteiger partial charge on any atom is 0.323 e. The van der Waals surface area contributed by atoms with Gasteiger partial charge in [0.25, 0.3) is 0 Å². The molecule has 7 heteroatoms. The molecular weight excluding hydrogens is 412 g/mol. The Kier molecular flexibility index (Phi) is 6.50. The van der Waals surface area contributed by atoms with Crippen LogP contribution in [0.3, 0.4) is 0 Å². The summed E-state index contributed by atoms with van der Waals surface area (Å²) in [5, 5.41) is 12.2. The Hall–Kier alpha value is -4.39. The molecule has 33 heavy (non-hydrogen) atoms. The number of carbonyl (C=O) groups is 1. The molecule has 166 valence electrons. The number of benzene rings is 3. The van der Waals surface area contributed by atoms with Crippen molar-refractivity contribution in [1.29, 1.82) is 0 Å². The first-order valence-electron chi connectivity index (χ1n) is 10.6. The molecule has 0 aliphatic carbocycles. The molecule has 4 aromatic rings. The molecule has 0 atom stereocenters. The lowest BCUT2D eigenvalue weighted by atomic mass is 10.2. The Morgan fingerprint density at radius 1 is 0.636 bits per heavy atom. The van der Waals surface area contributed by atoms with E-state index in [0.717, 1.165) is 28.3 Å². The van der Waals surface area contributed by atoms with Gasteiger partial charge in [0, 0.05) is 34.5 Å². The molecular formula is C26H26N6O. The van der Waals surface area contributed by atoms with E-state index < -0.39 is 0 Å². The van der Waals surface area contributed by atoms with Crippen LogP contribution in [0, 0.1) is 20.8 Å². The first-order valence-corrected chi connectivity index (χ1v) is 10.6. The lowest BCUT2D eigenvalue weighted by Crippen LogP contribution is -2.19. The second kappa shape index (κ2) is 9.82. The van der Waals surface area contributed by atoms with Crippen LogP contribution >= 0.6 is 0 Å². The quantitative estimate of drug-likeness (QED) is 0.275. The Morgan fingerprint density at radius 2 is 1.27 bits per heavy atom. The second-order valence-electron chi connectivity index (χ2n) is 7.86. The van der Waals surface area contributed by atoms with E-state index in [2.05, 4.69) is 31.2 Å². The molecule has 4 rings (SSSR count).